The summed E-state index contributed by atoms with van der Waals surface area (Å²) in [6.45, 7) is 3.67. The van der Waals surface area contributed by atoms with Gasteiger partial charge in [-0.2, -0.15) is 0 Å². The first-order chi connectivity index (χ1) is 9.19. The third-order valence-electron chi connectivity index (χ3n) is 3.28. The lowest BCUT2D eigenvalue weighted by molar-refractivity contribution is -0.118. The highest BCUT2D eigenvalue weighted by atomic mass is 16.3. The normalized spacial score (nSPS) is 23.1. The van der Waals surface area contributed by atoms with Crippen LogP contribution in [-0.2, 0) is 11.2 Å². The molecule has 5 nitrogen and oxygen atoms in total. The van der Waals surface area contributed by atoms with Crippen LogP contribution in [0, 0.1) is 0 Å². The van der Waals surface area contributed by atoms with Crippen LogP contribution in [0.25, 0.3) is 0 Å². The predicted molar refractivity (Wildman–Crippen MR) is 75.1 cm³/mol. The van der Waals surface area contributed by atoms with Crippen molar-refractivity contribution in [1.29, 1.82) is 0 Å². The maximum absolute atomic E-state index is 12.0. The van der Waals surface area contributed by atoms with E-state index in [9.17, 15) is 4.79 Å². The number of carbonyl (C=O) groups excluding carboxylic acids is 1. The molecule has 2 atom stereocenters. The van der Waals surface area contributed by atoms with Crippen LogP contribution in [0.2, 0.25) is 0 Å². The average Bonchev–Trinajstić information content (AvgIpc) is 2.42. The molecule has 1 saturated heterocycles. The zero-order valence-electron chi connectivity index (χ0n) is 11.1. The van der Waals surface area contributed by atoms with Gasteiger partial charge in [0.15, 0.2) is 0 Å². The number of aliphatic hydroxyl groups excluding tert-OH is 1. The Morgan fingerprint density at radius 2 is 2.05 bits per heavy atom. The van der Waals surface area contributed by atoms with Crippen LogP contribution in [0.5, 0.6) is 0 Å². The van der Waals surface area contributed by atoms with Crippen molar-refractivity contribution in [3.05, 3.63) is 29.8 Å². The van der Waals surface area contributed by atoms with Crippen LogP contribution in [-0.4, -0.2) is 42.8 Å². The van der Waals surface area contributed by atoms with E-state index in [1.54, 1.807) is 0 Å². The number of carbonyl (C=O) groups is 1. The third-order valence-corrected chi connectivity index (χ3v) is 3.28. The number of nitrogens with one attached hydrogen (secondary N) is 3. The number of rotatable bonds is 4. The standard InChI is InChI=1S/C14H21N3O2/c1-10-8-16-13(9-15-10)14(19)17-12-4-2-11(3-5-12)6-7-18/h2-5,10,13,15-16,18H,6-9H2,1H3,(H,17,19). The van der Waals surface area contributed by atoms with Gasteiger partial charge in [-0.3, -0.25) is 4.79 Å². The number of anilines is 1. The van der Waals surface area contributed by atoms with E-state index in [0.29, 0.717) is 19.0 Å². The smallest absolute Gasteiger partial charge is 0.242 e. The van der Waals surface area contributed by atoms with Crippen molar-refractivity contribution in [3.63, 3.8) is 0 Å². The van der Waals surface area contributed by atoms with Crippen molar-refractivity contribution >= 4 is 11.6 Å². The Bertz CT molecular complexity index is 411. The van der Waals surface area contributed by atoms with Gasteiger partial charge in [0.2, 0.25) is 5.91 Å². The SMILES string of the molecule is CC1CNC(C(=O)Nc2ccc(CCO)cc2)CN1. The second-order valence-corrected chi connectivity index (χ2v) is 4.93. The van der Waals surface area contributed by atoms with E-state index < -0.39 is 0 Å². The number of aliphatic hydroxyl groups is 1. The molecule has 0 bridgehead atoms. The number of benzene rings is 1. The quantitative estimate of drug-likeness (QED) is 0.622. The molecule has 1 aromatic carbocycles. The summed E-state index contributed by atoms with van der Waals surface area (Å²) in [5.41, 5.74) is 1.85. The van der Waals surface area contributed by atoms with Crippen molar-refractivity contribution in [1.82, 2.24) is 10.6 Å². The molecule has 2 unspecified atom stereocenters. The Hall–Kier alpha value is -1.43. The molecular weight excluding hydrogens is 242 g/mol. The van der Waals surface area contributed by atoms with Gasteiger partial charge in [-0.05, 0) is 31.0 Å². The van der Waals surface area contributed by atoms with E-state index in [4.69, 9.17) is 5.11 Å². The zero-order chi connectivity index (χ0) is 13.7. The molecule has 1 aliphatic heterocycles. The number of piperazine rings is 1. The molecule has 1 aromatic rings. The molecule has 0 aromatic heterocycles. The van der Waals surface area contributed by atoms with Gasteiger partial charge in [-0.25, -0.2) is 0 Å². The number of hydrogen-bond donors (Lipinski definition) is 4. The second-order valence-electron chi connectivity index (χ2n) is 4.93. The molecule has 0 radical (unpaired) electrons. The first-order valence-electron chi connectivity index (χ1n) is 6.66. The summed E-state index contributed by atoms with van der Waals surface area (Å²) in [5.74, 6) is -0.0192. The first kappa shape index (κ1) is 14.0. The summed E-state index contributed by atoms with van der Waals surface area (Å²) in [6.07, 6.45) is 0.639. The molecule has 0 spiro atoms. The van der Waals surface area contributed by atoms with Gasteiger partial charge < -0.3 is 21.1 Å². The minimum atomic E-state index is -0.187. The van der Waals surface area contributed by atoms with E-state index in [1.165, 1.54) is 0 Å². The van der Waals surface area contributed by atoms with E-state index in [1.807, 2.05) is 24.3 Å². The molecular formula is C14H21N3O2. The highest BCUT2D eigenvalue weighted by Crippen LogP contribution is 2.10. The summed E-state index contributed by atoms with van der Waals surface area (Å²) >= 11 is 0. The van der Waals surface area contributed by atoms with E-state index in [0.717, 1.165) is 17.8 Å². The van der Waals surface area contributed by atoms with Gasteiger partial charge in [-0.1, -0.05) is 12.1 Å². The number of amides is 1. The minimum Gasteiger partial charge on any atom is -0.396 e. The van der Waals surface area contributed by atoms with Gasteiger partial charge in [0.1, 0.15) is 0 Å². The highest BCUT2D eigenvalue weighted by Gasteiger charge is 2.22. The zero-order valence-corrected chi connectivity index (χ0v) is 11.1. The molecule has 1 aliphatic rings. The van der Waals surface area contributed by atoms with Gasteiger partial charge in [0.25, 0.3) is 0 Å². The predicted octanol–water partition coefficient (Wildman–Crippen LogP) is 0.110. The van der Waals surface area contributed by atoms with Crippen LogP contribution < -0.4 is 16.0 Å². The molecule has 1 amide bonds. The Morgan fingerprint density at radius 1 is 1.32 bits per heavy atom. The van der Waals surface area contributed by atoms with Gasteiger partial charge in [0.05, 0.1) is 6.04 Å². The molecule has 5 heteroatoms. The topological polar surface area (TPSA) is 73.4 Å². The van der Waals surface area contributed by atoms with E-state index in [2.05, 4.69) is 22.9 Å². The second kappa shape index (κ2) is 6.65. The summed E-state index contributed by atoms with van der Waals surface area (Å²) < 4.78 is 0. The Kier molecular flexibility index (Phi) is 4.90. The molecule has 1 fully saturated rings. The molecule has 0 saturated carbocycles. The maximum Gasteiger partial charge on any atom is 0.242 e. The largest absolute Gasteiger partial charge is 0.396 e. The number of hydrogen-bond acceptors (Lipinski definition) is 4. The Labute approximate surface area is 113 Å². The lowest BCUT2D eigenvalue weighted by Crippen LogP contribution is -2.57. The third kappa shape index (κ3) is 4.02. The van der Waals surface area contributed by atoms with Gasteiger partial charge >= 0.3 is 0 Å². The van der Waals surface area contributed by atoms with Crippen molar-refractivity contribution in [2.24, 2.45) is 0 Å². The van der Waals surface area contributed by atoms with Crippen LogP contribution in [0.3, 0.4) is 0 Å². The summed E-state index contributed by atoms with van der Waals surface area (Å²) in [5, 5.41) is 18.2. The van der Waals surface area contributed by atoms with Crippen molar-refractivity contribution in [2.45, 2.75) is 25.4 Å². The van der Waals surface area contributed by atoms with E-state index >= 15 is 0 Å². The van der Waals surface area contributed by atoms with Crippen molar-refractivity contribution < 1.29 is 9.90 Å². The first-order valence-corrected chi connectivity index (χ1v) is 6.66. The maximum atomic E-state index is 12.0. The fourth-order valence-electron chi connectivity index (χ4n) is 2.08. The average molecular weight is 263 g/mol. The lowest BCUT2D eigenvalue weighted by atomic mass is 10.1. The van der Waals surface area contributed by atoms with E-state index in [-0.39, 0.29) is 18.6 Å². The molecule has 1 heterocycles. The molecule has 2 rings (SSSR count). The minimum absolute atomic E-state index is 0.0192. The van der Waals surface area contributed by atoms with Crippen molar-refractivity contribution in [2.75, 3.05) is 25.0 Å². The molecule has 0 aliphatic carbocycles. The van der Waals surface area contributed by atoms with Crippen LogP contribution in [0.4, 0.5) is 5.69 Å². The molecule has 19 heavy (non-hydrogen) atoms. The summed E-state index contributed by atoms with van der Waals surface area (Å²) in [6, 6.07) is 7.78. The van der Waals surface area contributed by atoms with Gasteiger partial charge in [-0.15, -0.1) is 0 Å². The van der Waals surface area contributed by atoms with Crippen LogP contribution in [0.1, 0.15) is 12.5 Å². The molecule has 104 valence electrons. The van der Waals surface area contributed by atoms with Crippen LogP contribution >= 0.6 is 0 Å². The Morgan fingerprint density at radius 3 is 2.63 bits per heavy atom. The Balaban J connectivity index is 1.88. The summed E-state index contributed by atoms with van der Waals surface area (Å²) in [4.78, 5) is 12.0. The fourth-order valence-corrected chi connectivity index (χ4v) is 2.08. The lowest BCUT2D eigenvalue weighted by Gasteiger charge is -2.28. The highest BCUT2D eigenvalue weighted by molar-refractivity contribution is 5.95. The van der Waals surface area contributed by atoms with Gasteiger partial charge in [0, 0.05) is 31.4 Å². The summed E-state index contributed by atoms with van der Waals surface area (Å²) in [7, 11) is 0. The molecule has 4 N–H and O–H groups in total. The fraction of sp³-hybridized carbons (Fsp3) is 0.500. The van der Waals surface area contributed by atoms with Crippen molar-refractivity contribution in [3.8, 4) is 0 Å². The van der Waals surface area contributed by atoms with Crippen LogP contribution in [0.15, 0.2) is 24.3 Å². The monoisotopic (exact) mass is 263 g/mol.